The average Bonchev–Trinajstić information content (AvgIpc) is 3.16. The number of halogens is 3. The largest absolute Gasteiger partial charge is 0.481 e. The lowest BCUT2D eigenvalue weighted by molar-refractivity contribution is -0.137. The van der Waals surface area contributed by atoms with Crippen molar-refractivity contribution in [3.63, 3.8) is 0 Å². The number of aromatic nitrogens is 2. The third-order valence-electron chi connectivity index (χ3n) is 5.98. The molecule has 158 valence electrons. The fourth-order valence-electron chi connectivity index (χ4n) is 4.65. The van der Waals surface area contributed by atoms with Crippen LogP contribution in [0.3, 0.4) is 0 Å². The molecule has 3 heterocycles. The molecule has 0 saturated heterocycles. The Labute approximate surface area is 170 Å². The molecule has 1 atom stereocenters. The number of nitrogens with zero attached hydrogens (tertiary/aromatic N) is 3. The second-order valence-corrected chi connectivity index (χ2v) is 7.59. The topological polar surface area (TPSA) is 109 Å². The number of hydrogen-bond donors (Lipinski definition) is 4. The number of aliphatic imine (C=N–C) groups is 1. The maximum atomic E-state index is 13.4. The van der Waals surface area contributed by atoms with Gasteiger partial charge < -0.3 is 15.4 Å². The fourth-order valence-corrected chi connectivity index (χ4v) is 4.65. The van der Waals surface area contributed by atoms with Crippen LogP contribution in [0.4, 0.5) is 13.2 Å². The zero-order valence-electron chi connectivity index (χ0n) is 16.3. The number of pyridine rings is 1. The molecule has 0 amide bonds. The number of aliphatic hydroxyl groups is 1. The van der Waals surface area contributed by atoms with Gasteiger partial charge in [-0.3, -0.25) is 5.32 Å². The van der Waals surface area contributed by atoms with Crippen LogP contribution in [0, 0.1) is 17.2 Å². The zero-order valence-corrected chi connectivity index (χ0v) is 16.3. The van der Waals surface area contributed by atoms with Gasteiger partial charge in [0.25, 0.3) is 6.02 Å². The summed E-state index contributed by atoms with van der Waals surface area (Å²) >= 11 is 0. The summed E-state index contributed by atoms with van der Waals surface area (Å²) in [6, 6.07) is 2.83. The summed E-state index contributed by atoms with van der Waals surface area (Å²) in [4.78, 5) is 11.3. The monoisotopic (exact) mass is 418 g/mol. The summed E-state index contributed by atoms with van der Waals surface area (Å²) in [5, 5.41) is 26.2. The van der Waals surface area contributed by atoms with Crippen LogP contribution < -0.4 is 10.6 Å². The zero-order chi connectivity index (χ0) is 21.5. The molecule has 1 fully saturated rings. The Morgan fingerprint density at radius 1 is 1.30 bits per heavy atom. The number of aromatic amines is 1. The quantitative estimate of drug-likeness (QED) is 0.606. The van der Waals surface area contributed by atoms with Gasteiger partial charge in [0.15, 0.2) is 0 Å². The van der Waals surface area contributed by atoms with Gasteiger partial charge >= 0.3 is 6.18 Å². The number of aliphatic hydroxyl groups excluding tert-OH is 1. The first-order valence-corrected chi connectivity index (χ1v) is 9.74. The molecule has 1 aliphatic carbocycles. The number of amidine groups is 1. The Balaban J connectivity index is 2.04. The maximum Gasteiger partial charge on any atom is 0.417 e. The van der Waals surface area contributed by atoms with Crippen LogP contribution in [0.25, 0.3) is 11.0 Å². The highest BCUT2D eigenvalue weighted by Gasteiger charge is 2.50. The minimum atomic E-state index is -4.56. The first-order chi connectivity index (χ1) is 14.3. The second-order valence-electron chi connectivity index (χ2n) is 7.59. The van der Waals surface area contributed by atoms with E-state index in [4.69, 9.17) is 0 Å². The highest BCUT2D eigenvalue weighted by Crippen LogP contribution is 2.50. The predicted octanol–water partition coefficient (Wildman–Crippen LogP) is 3.83. The lowest BCUT2D eigenvalue weighted by Gasteiger charge is -2.42. The molecule has 2 aromatic heterocycles. The first-order valence-electron chi connectivity index (χ1n) is 9.74. The van der Waals surface area contributed by atoms with Crippen LogP contribution >= 0.6 is 0 Å². The lowest BCUT2D eigenvalue weighted by Crippen LogP contribution is -2.47. The Morgan fingerprint density at radius 2 is 2.03 bits per heavy atom. The van der Waals surface area contributed by atoms with Crippen molar-refractivity contribution in [1.82, 2.24) is 20.6 Å². The normalized spacial score (nSPS) is 23.1. The van der Waals surface area contributed by atoms with Gasteiger partial charge in [-0.15, -0.1) is 0 Å². The van der Waals surface area contributed by atoms with Crippen molar-refractivity contribution in [3.8, 4) is 6.07 Å². The van der Waals surface area contributed by atoms with E-state index in [1.807, 2.05) is 0 Å². The molecule has 4 N–H and O–H groups in total. The summed E-state index contributed by atoms with van der Waals surface area (Å²) < 4.78 is 40.1. The van der Waals surface area contributed by atoms with Crippen LogP contribution in [0.2, 0.25) is 0 Å². The van der Waals surface area contributed by atoms with Crippen LogP contribution in [0.15, 0.2) is 34.8 Å². The molecule has 7 nitrogen and oxygen atoms in total. The van der Waals surface area contributed by atoms with Gasteiger partial charge in [-0.25, -0.2) is 9.98 Å². The molecule has 4 rings (SSSR count). The molecule has 2 aromatic rings. The van der Waals surface area contributed by atoms with E-state index in [1.54, 1.807) is 13.2 Å². The Kier molecular flexibility index (Phi) is 4.84. The van der Waals surface area contributed by atoms with E-state index in [-0.39, 0.29) is 28.3 Å². The number of alkyl halides is 3. The first kappa shape index (κ1) is 20.1. The predicted molar refractivity (Wildman–Crippen MR) is 104 cm³/mol. The molecule has 2 aliphatic rings. The van der Waals surface area contributed by atoms with Crippen LogP contribution in [0.1, 0.15) is 43.2 Å². The van der Waals surface area contributed by atoms with E-state index in [9.17, 15) is 23.5 Å². The smallest absolute Gasteiger partial charge is 0.417 e. The van der Waals surface area contributed by atoms with Crippen molar-refractivity contribution >= 4 is 17.1 Å². The molecule has 0 aromatic carbocycles. The van der Waals surface area contributed by atoms with Crippen LogP contribution in [-0.4, -0.2) is 28.1 Å². The number of H-pyrrole nitrogens is 1. The minimum Gasteiger partial charge on any atom is -0.481 e. The van der Waals surface area contributed by atoms with Gasteiger partial charge in [0, 0.05) is 30.4 Å². The molecule has 0 radical (unpaired) electrons. The van der Waals surface area contributed by atoms with Gasteiger partial charge in [-0.05, 0) is 24.8 Å². The Morgan fingerprint density at radius 3 is 2.67 bits per heavy atom. The van der Waals surface area contributed by atoms with Crippen molar-refractivity contribution in [1.29, 1.82) is 5.26 Å². The van der Waals surface area contributed by atoms with E-state index >= 15 is 0 Å². The van der Waals surface area contributed by atoms with Crippen molar-refractivity contribution in [3.05, 3.63) is 41.0 Å². The summed E-state index contributed by atoms with van der Waals surface area (Å²) in [6.45, 7) is 0. The van der Waals surface area contributed by atoms with Gasteiger partial charge in [0.1, 0.15) is 28.6 Å². The molecule has 0 spiro atoms. The van der Waals surface area contributed by atoms with E-state index in [0.717, 1.165) is 44.4 Å². The minimum absolute atomic E-state index is 0.165. The Hall–Kier alpha value is -3.22. The summed E-state index contributed by atoms with van der Waals surface area (Å²) in [5.74, 6) is 0.118. The van der Waals surface area contributed by atoms with E-state index in [0.29, 0.717) is 5.56 Å². The second kappa shape index (κ2) is 7.23. The number of nitrogens with one attached hydrogen (secondary N) is 3. The van der Waals surface area contributed by atoms with Crippen molar-refractivity contribution in [2.75, 3.05) is 7.05 Å². The molecule has 0 bridgehead atoms. The average molecular weight is 418 g/mol. The molecule has 1 unspecified atom stereocenters. The molecule has 1 aliphatic heterocycles. The van der Waals surface area contributed by atoms with Crippen molar-refractivity contribution in [2.45, 2.75) is 43.8 Å². The third-order valence-corrected chi connectivity index (χ3v) is 5.98. The van der Waals surface area contributed by atoms with Gasteiger partial charge in [0.2, 0.25) is 0 Å². The number of rotatable bonds is 3. The summed E-state index contributed by atoms with van der Waals surface area (Å²) in [5.41, 5.74) is -1.31. The van der Waals surface area contributed by atoms with Crippen LogP contribution in [-0.2, 0) is 11.7 Å². The number of nitriles is 1. The molecular weight excluding hydrogens is 397 g/mol. The van der Waals surface area contributed by atoms with E-state index in [1.165, 1.54) is 0 Å². The molecule has 10 heteroatoms. The summed E-state index contributed by atoms with van der Waals surface area (Å²) in [6.07, 6.45) is 2.11. The molecular formula is C20H21F3N6O. The maximum absolute atomic E-state index is 13.4. The van der Waals surface area contributed by atoms with Gasteiger partial charge in [-0.1, -0.05) is 19.3 Å². The number of fused-ring (bicyclic) bond motifs is 1. The number of hydrogen-bond acceptors (Lipinski definition) is 5. The van der Waals surface area contributed by atoms with E-state index < -0.39 is 23.3 Å². The standard InChI is InChI=1S/C20H21F3N6O/c1-25-17-14(8-24)19(29-18(30)28-17,11-5-3-2-4-6-11)15-10-27-16-13(15)7-12(9-26-16)20(21,22)23/h7,9-11,25H,2-6H2,1H3,(H,26,27)(H2,28,29,30). The van der Waals surface area contributed by atoms with Gasteiger partial charge in [-0.2, -0.15) is 18.4 Å². The van der Waals surface area contributed by atoms with Crippen molar-refractivity contribution < 1.29 is 18.3 Å². The van der Waals surface area contributed by atoms with Crippen molar-refractivity contribution in [2.24, 2.45) is 10.9 Å². The Bertz CT molecular complexity index is 1070. The van der Waals surface area contributed by atoms with Crippen LogP contribution in [0.5, 0.6) is 0 Å². The SMILES string of the molecule is CNC1=C(C#N)C(c2c[nH]c3ncc(C(F)(F)F)cc23)(C2CCCCC2)N=C(O)N1. The molecule has 30 heavy (non-hydrogen) atoms. The molecule has 1 saturated carbocycles. The highest BCUT2D eigenvalue weighted by molar-refractivity contribution is 5.85. The fraction of sp³-hybridized carbons (Fsp3) is 0.450. The van der Waals surface area contributed by atoms with E-state index in [2.05, 4.69) is 31.7 Å². The highest BCUT2D eigenvalue weighted by atomic mass is 19.4. The van der Waals surface area contributed by atoms with Gasteiger partial charge in [0.05, 0.1) is 5.56 Å². The summed E-state index contributed by atoms with van der Waals surface area (Å²) in [7, 11) is 1.60. The lowest BCUT2D eigenvalue weighted by atomic mass is 9.67. The third kappa shape index (κ3) is 3.05.